The summed E-state index contributed by atoms with van der Waals surface area (Å²) in [6.45, 7) is 4.06. The van der Waals surface area contributed by atoms with Gasteiger partial charge in [0.1, 0.15) is 0 Å². The number of carbonyl (C=O) groups is 1. The molecular weight excluding hydrogens is 527 g/mol. The van der Waals surface area contributed by atoms with Crippen molar-refractivity contribution in [1.82, 2.24) is 5.32 Å². The van der Waals surface area contributed by atoms with E-state index in [0.29, 0.717) is 6.42 Å². The van der Waals surface area contributed by atoms with Crippen LogP contribution in [0.3, 0.4) is 0 Å². The Morgan fingerprint density at radius 1 is 0.800 bits per heavy atom. The minimum atomic E-state index is -4.31. The summed E-state index contributed by atoms with van der Waals surface area (Å²) in [6, 6.07) is -0.850. The van der Waals surface area contributed by atoms with Gasteiger partial charge in [-0.25, -0.2) is 4.57 Å². The summed E-state index contributed by atoms with van der Waals surface area (Å²) < 4.78 is 21.9. The first-order valence-electron chi connectivity index (χ1n) is 16.3. The molecule has 0 radical (unpaired) electrons. The van der Waals surface area contributed by atoms with Gasteiger partial charge in [-0.1, -0.05) is 135 Å². The average molecular weight is 591 g/mol. The highest BCUT2D eigenvalue weighted by Crippen LogP contribution is 2.43. The summed E-state index contributed by atoms with van der Waals surface area (Å²) in [5, 5.41) is 13.5. The van der Waals surface area contributed by atoms with E-state index in [1.807, 2.05) is 6.08 Å². The first kappa shape index (κ1) is 39.2. The highest BCUT2D eigenvalue weighted by atomic mass is 31.2. The van der Waals surface area contributed by atoms with Crippen molar-refractivity contribution in [2.75, 3.05) is 19.8 Å². The molecule has 0 aliphatic carbocycles. The van der Waals surface area contributed by atoms with Gasteiger partial charge in [0.25, 0.3) is 0 Å². The number of carbonyl (C=O) groups excluding carboxylic acids is 1. The molecule has 1 amide bonds. The van der Waals surface area contributed by atoms with E-state index in [1.165, 1.54) is 89.9 Å². The van der Waals surface area contributed by atoms with Crippen molar-refractivity contribution in [3.05, 3.63) is 12.2 Å². The van der Waals surface area contributed by atoms with Crippen LogP contribution < -0.4 is 11.1 Å². The maximum atomic E-state index is 12.6. The Balaban J connectivity index is 4.34. The predicted octanol–water partition coefficient (Wildman–Crippen LogP) is 7.71. The Labute approximate surface area is 245 Å². The van der Waals surface area contributed by atoms with Crippen LogP contribution in [0.5, 0.6) is 0 Å². The van der Waals surface area contributed by atoms with Gasteiger partial charge in [-0.2, -0.15) is 0 Å². The quantitative estimate of drug-likeness (QED) is 0.0383. The van der Waals surface area contributed by atoms with Crippen LogP contribution in [0.25, 0.3) is 0 Å². The number of phosphoric acid groups is 1. The highest BCUT2D eigenvalue weighted by Gasteiger charge is 2.26. The first-order chi connectivity index (χ1) is 19.4. The standard InChI is InChI=1S/C31H63N2O6P/c1-3-5-7-9-11-13-14-15-16-17-19-21-23-25-31(35)33-29(28-39-40(36,37)38-27-26-32)30(34)24-22-20-18-12-10-8-6-4-2/h22,24,29-30,34H,3-21,23,25-28,32H2,1-2H3,(H,33,35)(H,36,37)/b24-22+. The number of rotatable bonds is 30. The van der Waals surface area contributed by atoms with Crippen molar-refractivity contribution in [1.29, 1.82) is 0 Å². The van der Waals surface area contributed by atoms with Gasteiger partial charge < -0.3 is 21.1 Å². The zero-order chi connectivity index (χ0) is 29.7. The second-order valence-corrected chi connectivity index (χ2v) is 12.5. The van der Waals surface area contributed by atoms with Gasteiger partial charge in [0.15, 0.2) is 0 Å². The molecule has 0 fully saturated rings. The van der Waals surface area contributed by atoms with E-state index in [0.717, 1.165) is 38.5 Å². The lowest BCUT2D eigenvalue weighted by Crippen LogP contribution is -2.45. The molecule has 238 valence electrons. The van der Waals surface area contributed by atoms with Crippen LogP contribution in [-0.4, -0.2) is 47.8 Å². The largest absolute Gasteiger partial charge is 0.472 e. The van der Waals surface area contributed by atoms with Gasteiger partial charge in [-0.3, -0.25) is 13.8 Å². The summed E-state index contributed by atoms with van der Waals surface area (Å²) in [6.07, 6.45) is 26.9. The van der Waals surface area contributed by atoms with Gasteiger partial charge in [-0.05, 0) is 19.3 Å². The zero-order valence-electron chi connectivity index (χ0n) is 25.8. The second-order valence-electron chi connectivity index (χ2n) is 11.0. The first-order valence-corrected chi connectivity index (χ1v) is 17.8. The van der Waals surface area contributed by atoms with E-state index in [-0.39, 0.29) is 25.7 Å². The van der Waals surface area contributed by atoms with Gasteiger partial charge in [0, 0.05) is 13.0 Å². The topological polar surface area (TPSA) is 131 Å². The van der Waals surface area contributed by atoms with Crippen LogP contribution >= 0.6 is 7.82 Å². The van der Waals surface area contributed by atoms with Crippen LogP contribution in [0.4, 0.5) is 0 Å². The molecule has 0 aliphatic heterocycles. The molecular formula is C31H63N2O6P. The molecule has 0 aromatic heterocycles. The van der Waals surface area contributed by atoms with Crippen molar-refractivity contribution in [3.63, 3.8) is 0 Å². The molecule has 0 saturated carbocycles. The van der Waals surface area contributed by atoms with Crippen LogP contribution in [0.1, 0.15) is 149 Å². The molecule has 0 aromatic rings. The number of nitrogens with one attached hydrogen (secondary N) is 1. The van der Waals surface area contributed by atoms with E-state index in [4.69, 9.17) is 14.8 Å². The molecule has 40 heavy (non-hydrogen) atoms. The number of amides is 1. The Bertz CT molecular complexity index is 649. The molecule has 3 atom stereocenters. The maximum Gasteiger partial charge on any atom is 0.472 e. The monoisotopic (exact) mass is 590 g/mol. The number of unbranched alkanes of at least 4 members (excludes halogenated alkanes) is 18. The Hall–Kier alpha value is -0.760. The molecule has 0 aliphatic rings. The number of allylic oxidation sites excluding steroid dienone is 1. The minimum absolute atomic E-state index is 0.0804. The number of phosphoric ester groups is 1. The van der Waals surface area contributed by atoms with Crippen molar-refractivity contribution in [2.45, 2.75) is 161 Å². The molecule has 8 nitrogen and oxygen atoms in total. The smallest absolute Gasteiger partial charge is 0.387 e. The Morgan fingerprint density at radius 2 is 1.27 bits per heavy atom. The van der Waals surface area contributed by atoms with Crippen LogP contribution in [0.2, 0.25) is 0 Å². The van der Waals surface area contributed by atoms with Crippen LogP contribution in [0.15, 0.2) is 12.2 Å². The van der Waals surface area contributed by atoms with E-state index < -0.39 is 20.0 Å². The summed E-state index contributed by atoms with van der Waals surface area (Å²) in [5.41, 5.74) is 5.32. The minimum Gasteiger partial charge on any atom is -0.387 e. The lowest BCUT2D eigenvalue weighted by atomic mass is 10.0. The molecule has 9 heteroatoms. The normalized spacial score (nSPS) is 14.8. The third kappa shape index (κ3) is 26.2. The molecule has 3 unspecified atom stereocenters. The van der Waals surface area contributed by atoms with E-state index in [9.17, 15) is 19.4 Å². The predicted molar refractivity (Wildman–Crippen MR) is 166 cm³/mol. The number of hydrogen-bond donors (Lipinski definition) is 4. The van der Waals surface area contributed by atoms with Crippen molar-refractivity contribution in [3.8, 4) is 0 Å². The van der Waals surface area contributed by atoms with E-state index in [2.05, 4.69) is 19.2 Å². The van der Waals surface area contributed by atoms with Crippen LogP contribution in [0, 0.1) is 0 Å². The van der Waals surface area contributed by atoms with Gasteiger partial charge in [0.05, 0.1) is 25.4 Å². The summed E-state index contributed by atoms with van der Waals surface area (Å²) >= 11 is 0. The van der Waals surface area contributed by atoms with Gasteiger partial charge >= 0.3 is 7.82 Å². The number of aliphatic hydroxyl groups excluding tert-OH is 1. The fourth-order valence-corrected chi connectivity index (χ4v) is 5.36. The Kier molecular flexibility index (Phi) is 27.8. The molecule has 0 spiro atoms. The molecule has 0 rings (SSSR count). The molecule has 0 bridgehead atoms. The number of aliphatic hydroxyl groups is 1. The molecule has 0 heterocycles. The summed E-state index contributed by atoms with van der Waals surface area (Å²) in [7, 11) is -4.31. The third-order valence-electron chi connectivity index (χ3n) is 7.11. The van der Waals surface area contributed by atoms with E-state index in [1.54, 1.807) is 6.08 Å². The average Bonchev–Trinajstić information content (AvgIpc) is 2.93. The van der Waals surface area contributed by atoms with Crippen LogP contribution in [-0.2, 0) is 18.4 Å². The Morgan fingerprint density at radius 3 is 1.77 bits per heavy atom. The highest BCUT2D eigenvalue weighted by molar-refractivity contribution is 7.47. The summed E-state index contributed by atoms with van der Waals surface area (Å²) in [4.78, 5) is 22.4. The van der Waals surface area contributed by atoms with Gasteiger partial charge in [-0.15, -0.1) is 0 Å². The number of nitrogens with two attached hydrogens (primary N) is 1. The van der Waals surface area contributed by atoms with Crippen molar-refractivity contribution in [2.24, 2.45) is 5.73 Å². The zero-order valence-corrected chi connectivity index (χ0v) is 26.7. The maximum absolute atomic E-state index is 12.6. The molecule has 5 N–H and O–H groups in total. The second kappa shape index (κ2) is 28.4. The number of hydrogen-bond acceptors (Lipinski definition) is 6. The van der Waals surface area contributed by atoms with Crippen molar-refractivity contribution < 1.29 is 28.4 Å². The van der Waals surface area contributed by atoms with E-state index >= 15 is 0 Å². The fraction of sp³-hybridized carbons (Fsp3) is 0.903. The molecule has 0 saturated heterocycles. The third-order valence-corrected chi connectivity index (χ3v) is 8.10. The lowest BCUT2D eigenvalue weighted by Gasteiger charge is -2.23. The fourth-order valence-electron chi connectivity index (χ4n) is 4.60. The summed E-state index contributed by atoms with van der Waals surface area (Å²) in [5.74, 6) is -0.198. The molecule has 0 aromatic carbocycles. The SMILES string of the molecule is CCCCCCCC/C=C/C(O)C(COP(=O)(O)OCCN)NC(=O)CCCCCCCCCCCCCCC. The lowest BCUT2D eigenvalue weighted by molar-refractivity contribution is -0.123. The van der Waals surface area contributed by atoms with Crippen molar-refractivity contribution >= 4 is 13.7 Å². The van der Waals surface area contributed by atoms with Gasteiger partial charge in [0.2, 0.25) is 5.91 Å².